The molecule has 0 aliphatic carbocycles. The SMILES string of the molecule is CCN(C)C(=O)CO[C@@H]1CNC[C@H](OCc2ccc(O)c(NCCCOC)c2)[C@H]1c1ccc(OCCCCOC)cc1. The van der Waals surface area contributed by atoms with Crippen molar-refractivity contribution in [2.45, 2.75) is 50.9 Å². The molecule has 0 radical (unpaired) electrons. The number of nitrogens with zero attached hydrogens (tertiary/aromatic N) is 1. The molecule has 0 saturated carbocycles. The number of methoxy groups -OCH3 is 2. The number of likely N-dealkylation sites (N-methyl/N-ethyl adjacent to an activating group) is 1. The lowest BCUT2D eigenvalue weighted by molar-refractivity contribution is -0.139. The minimum absolute atomic E-state index is 0.0125. The van der Waals surface area contributed by atoms with Crippen molar-refractivity contribution in [2.75, 3.05) is 79.2 Å². The lowest BCUT2D eigenvalue weighted by atomic mass is 9.85. The molecule has 1 fully saturated rings. The molecule has 1 aliphatic heterocycles. The molecule has 1 amide bonds. The van der Waals surface area contributed by atoms with E-state index < -0.39 is 0 Å². The lowest BCUT2D eigenvalue weighted by Gasteiger charge is -2.39. The van der Waals surface area contributed by atoms with Crippen LogP contribution in [0.3, 0.4) is 0 Å². The number of carbonyl (C=O) groups is 1. The van der Waals surface area contributed by atoms with Gasteiger partial charge < -0.3 is 44.3 Å². The van der Waals surface area contributed by atoms with E-state index in [1.807, 2.05) is 31.2 Å². The first-order chi connectivity index (χ1) is 20.5. The standard InChI is InChI=1S/C32H49N3O7/c1-5-35(2)31(37)23-42-30-21-33-20-29(32(30)25-10-12-26(13-11-25)40-18-7-6-16-38-3)41-22-24-9-14-28(36)27(19-24)34-15-8-17-39-4/h9-14,19,29-30,32-34,36H,5-8,15-18,20-23H2,1-4H3/t29-,30+,32+/m0/s1. The Bertz CT molecular complexity index is 1050. The molecule has 3 N–H and O–H groups in total. The minimum atomic E-state index is -0.253. The van der Waals surface area contributed by atoms with Crippen molar-refractivity contribution in [1.29, 1.82) is 0 Å². The Balaban J connectivity index is 1.71. The van der Waals surface area contributed by atoms with Gasteiger partial charge in [0, 0.05) is 66.6 Å². The average Bonchev–Trinajstić information content (AvgIpc) is 3.01. The van der Waals surface area contributed by atoms with Gasteiger partial charge in [0.25, 0.3) is 0 Å². The van der Waals surface area contributed by atoms with Gasteiger partial charge in [-0.3, -0.25) is 4.79 Å². The number of unbranched alkanes of at least 4 members (excludes halogenated alkanes) is 1. The molecule has 3 rings (SSSR count). The van der Waals surface area contributed by atoms with E-state index in [-0.39, 0.29) is 36.4 Å². The van der Waals surface area contributed by atoms with Crippen molar-refractivity contribution in [3.05, 3.63) is 53.6 Å². The number of hydrogen-bond acceptors (Lipinski definition) is 9. The zero-order valence-electron chi connectivity index (χ0n) is 25.6. The Morgan fingerprint density at radius 1 is 0.976 bits per heavy atom. The van der Waals surface area contributed by atoms with Gasteiger partial charge in [-0.1, -0.05) is 18.2 Å². The van der Waals surface area contributed by atoms with Gasteiger partial charge in [0.2, 0.25) is 5.91 Å². The van der Waals surface area contributed by atoms with E-state index in [1.165, 1.54) is 0 Å². The highest BCUT2D eigenvalue weighted by Gasteiger charge is 2.36. The summed E-state index contributed by atoms with van der Waals surface area (Å²) in [5.74, 6) is 0.871. The fraction of sp³-hybridized carbons (Fsp3) is 0.594. The van der Waals surface area contributed by atoms with Crippen LogP contribution in [0.5, 0.6) is 11.5 Å². The van der Waals surface area contributed by atoms with Gasteiger partial charge in [-0.15, -0.1) is 0 Å². The maximum atomic E-state index is 12.5. The van der Waals surface area contributed by atoms with Crippen LogP contribution in [0.25, 0.3) is 0 Å². The number of benzene rings is 2. The van der Waals surface area contributed by atoms with E-state index in [0.717, 1.165) is 42.7 Å². The van der Waals surface area contributed by atoms with Crippen LogP contribution < -0.4 is 15.4 Å². The summed E-state index contributed by atoms with van der Waals surface area (Å²) in [5.41, 5.74) is 2.68. The molecular weight excluding hydrogens is 538 g/mol. The minimum Gasteiger partial charge on any atom is -0.506 e. The molecule has 0 unspecified atom stereocenters. The topological polar surface area (TPSA) is 111 Å². The van der Waals surface area contributed by atoms with Crippen LogP contribution >= 0.6 is 0 Å². The summed E-state index contributed by atoms with van der Waals surface area (Å²) in [6.45, 7) is 6.91. The van der Waals surface area contributed by atoms with Crippen LogP contribution in [0.15, 0.2) is 42.5 Å². The van der Waals surface area contributed by atoms with Gasteiger partial charge in [-0.2, -0.15) is 0 Å². The van der Waals surface area contributed by atoms with Crippen LogP contribution in [0.4, 0.5) is 5.69 Å². The highest BCUT2D eigenvalue weighted by Crippen LogP contribution is 2.32. The number of hydrogen-bond donors (Lipinski definition) is 3. The second-order valence-electron chi connectivity index (χ2n) is 10.5. The molecule has 1 aliphatic rings. The van der Waals surface area contributed by atoms with E-state index in [2.05, 4.69) is 22.8 Å². The quantitative estimate of drug-likeness (QED) is 0.167. The Labute approximate surface area is 250 Å². The Morgan fingerprint density at radius 2 is 1.67 bits per heavy atom. The molecule has 2 aromatic carbocycles. The molecule has 3 atom stereocenters. The fourth-order valence-corrected chi connectivity index (χ4v) is 4.86. The van der Waals surface area contributed by atoms with Gasteiger partial charge in [0.1, 0.15) is 18.1 Å². The number of phenols is 1. The van der Waals surface area contributed by atoms with E-state index in [9.17, 15) is 9.90 Å². The molecule has 1 saturated heterocycles. The lowest BCUT2D eigenvalue weighted by Crippen LogP contribution is -2.51. The number of aromatic hydroxyl groups is 1. The van der Waals surface area contributed by atoms with Crippen molar-refractivity contribution in [1.82, 2.24) is 10.2 Å². The summed E-state index contributed by atoms with van der Waals surface area (Å²) in [6.07, 6.45) is 2.27. The number of amides is 1. The maximum absolute atomic E-state index is 12.5. The normalized spacial score (nSPS) is 18.5. The van der Waals surface area contributed by atoms with Gasteiger partial charge in [0.15, 0.2) is 0 Å². The Kier molecular flexibility index (Phi) is 14.9. The Morgan fingerprint density at radius 3 is 2.38 bits per heavy atom. The highest BCUT2D eigenvalue weighted by atomic mass is 16.5. The first-order valence-electron chi connectivity index (χ1n) is 14.9. The van der Waals surface area contributed by atoms with Crippen LogP contribution in [-0.4, -0.2) is 102 Å². The molecule has 10 nitrogen and oxygen atoms in total. The van der Waals surface area contributed by atoms with E-state index in [0.29, 0.717) is 51.7 Å². The van der Waals surface area contributed by atoms with Gasteiger partial charge in [-0.05, 0) is 61.6 Å². The van der Waals surface area contributed by atoms with Gasteiger partial charge in [-0.25, -0.2) is 0 Å². The van der Waals surface area contributed by atoms with E-state index in [4.69, 9.17) is 23.7 Å². The van der Waals surface area contributed by atoms with Crippen molar-refractivity contribution in [3.63, 3.8) is 0 Å². The zero-order chi connectivity index (χ0) is 30.2. The summed E-state index contributed by atoms with van der Waals surface area (Å²) in [7, 11) is 5.16. The van der Waals surface area contributed by atoms with Crippen molar-refractivity contribution < 1.29 is 33.6 Å². The molecule has 0 aromatic heterocycles. The largest absolute Gasteiger partial charge is 0.506 e. The monoisotopic (exact) mass is 587 g/mol. The molecule has 10 heteroatoms. The van der Waals surface area contributed by atoms with Gasteiger partial charge >= 0.3 is 0 Å². The Hall–Kier alpha value is -2.89. The number of rotatable bonds is 19. The van der Waals surface area contributed by atoms with Crippen molar-refractivity contribution >= 4 is 11.6 Å². The molecule has 0 spiro atoms. The van der Waals surface area contributed by atoms with Crippen LogP contribution in [-0.2, 0) is 30.3 Å². The highest BCUT2D eigenvalue weighted by molar-refractivity contribution is 5.77. The smallest absolute Gasteiger partial charge is 0.248 e. The second kappa shape index (κ2) is 18.6. The zero-order valence-corrected chi connectivity index (χ0v) is 25.6. The summed E-state index contributed by atoms with van der Waals surface area (Å²) in [6, 6.07) is 13.6. The molecule has 42 heavy (non-hydrogen) atoms. The number of piperidine rings is 1. The summed E-state index contributed by atoms with van der Waals surface area (Å²) in [5, 5.41) is 17.0. The number of ether oxygens (including phenoxy) is 5. The fourth-order valence-electron chi connectivity index (χ4n) is 4.86. The third-order valence-corrected chi connectivity index (χ3v) is 7.46. The summed E-state index contributed by atoms with van der Waals surface area (Å²) >= 11 is 0. The first kappa shape index (κ1) is 33.6. The number of phenolic OH excluding ortho intramolecular Hbond substituents is 1. The van der Waals surface area contributed by atoms with Crippen molar-refractivity contribution in [2.24, 2.45) is 0 Å². The predicted molar refractivity (Wildman–Crippen MR) is 163 cm³/mol. The summed E-state index contributed by atoms with van der Waals surface area (Å²) in [4.78, 5) is 14.2. The van der Waals surface area contributed by atoms with Crippen LogP contribution in [0.2, 0.25) is 0 Å². The average molecular weight is 588 g/mol. The van der Waals surface area contributed by atoms with Crippen LogP contribution in [0, 0.1) is 0 Å². The predicted octanol–water partition coefficient (Wildman–Crippen LogP) is 3.78. The number of anilines is 1. The van der Waals surface area contributed by atoms with Crippen LogP contribution in [0.1, 0.15) is 43.2 Å². The summed E-state index contributed by atoms with van der Waals surface area (Å²) < 4.78 is 28.9. The maximum Gasteiger partial charge on any atom is 0.248 e. The third-order valence-electron chi connectivity index (χ3n) is 7.46. The molecule has 1 heterocycles. The third kappa shape index (κ3) is 10.7. The number of nitrogens with one attached hydrogen (secondary N) is 2. The van der Waals surface area contributed by atoms with Crippen molar-refractivity contribution in [3.8, 4) is 11.5 Å². The second-order valence-corrected chi connectivity index (χ2v) is 10.5. The molecule has 2 aromatic rings. The first-order valence-corrected chi connectivity index (χ1v) is 14.9. The molecule has 234 valence electrons. The molecular formula is C32H49N3O7. The molecule has 0 bridgehead atoms. The van der Waals surface area contributed by atoms with E-state index in [1.54, 1.807) is 32.2 Å². The van der Waals surface area contributed by atoms with Gasteiger partial charge in [0.05, 0.1) is 31.1 Å². The number of carbonyl (C=O) groups excluding carboxylic acids is 1. The van der Waals surface area contributed by atoms with E-state index >= 15 is 0 Å².